The van der Waals surface area contributed by atoms with Crippen molar-refractivity contribution in [2.75, 3.05) is 13.7 Å². The molecule has 0 bridgehead atoms. The van der Waals surface area contributed by atoms with Crippen LogP contribution in [0.15, 0.2) is 52.9 Å². The Balaban J connectivity index is 1.58. The standard InChI is InChI=1S/C20H19N3O4S/c1-12(15-11-28-18-6-4-3-5-14(15)18)22-23-19(25)10-21-20(26)13-7-8-16(24)17(9-13)27-2/h3-9,11,24H,10H2,1-2H3,(H,21,26)(H,23,25). The summed E-state index contributed by atoms with van der Waals surface area (Å²) in [4.78, 5) is 24.1. The normalized spacial score (nSPS) is 11.3. The highest BCUT2D eigenvalue weighted by atomic mass is 32.1. The number of ether oxygens (including phenoxy) is 1. The van der Waals surface area contributed by atoms with E-state index in [1.54, 1.807) is 11.3 Å². The number of nitrogens with zero attached hydrogens (tertiary/aromatic N) is 1. The molecular formula is C20H19N3O4S. The molecule has 3 rings (SSSR count). The first-order valence-electron chi connectivity index (χ1n) is 8.44. The first-order chi connectivity index (χ1) is 13.5. The van der Waals surface area contributed by atoms with Crippen LogP contribution >= 0.6 is 11.3 Å². The number of nitrogens with one attached hydrogen (secondary N) is 2. The fourth-order valence-electron chi connectivity index (χ4n) is 2.59. The number of aromatic hydroxyl groups is 1. The Kier molecular flexibility index (Phi) is 5.90. The predicted molar refractivity (Wildman–Crippen MR) is 109 cm³/mol. The van der Waals surface area contributed by atoms with E-state index >= 15 is 0 Å². The van der Waals surface area contributed by atoms with E-state index in [9.17, 15) is 14.7 Å². The minimum atomic E-state index is -0.460. The predicted octanol–water partition coefficient (Wildman–Crippen LogP) is 2.89. The number of amides is 2. The number of benzene rings is 2. The van der Waals surface area contributed by atoms with Crippen LogP contribution in [0.2, 0.25) is 0 Å². The molecule has 0 aliphatic rings. The lowest BCUT2D eigenvalue weighted by molar-refractivity contribution is -0.120. The summed E-state index contributed by atoms with van der Waals surface area (Å²) in [6.07, 6.45) is 0. The Labute approximate surface area is 165 Å². The molecule has 2 aromatic carbocycles. The molecule has 7 nitrogen and oxygen atoms in total. The van der Waals surface area contributed by atoms with Crippen LogP contribution in [-0.4, -0.2) is 36.3 Å². The molecule has 1 aromatic heterocycles. The van der Waals surface area contributed by atoms with Crippen molar-refractivity contribution in [2.45, 2.75) is 6.92 Å². The lowest BCUT2D eigenvalue weighted by Gasteiger charge is -2.07. The number of thiophene rings is 1. The first kappa shape index (κ1) is 19.4. The molecule has 3 N–H and O–H groups in total. The van der Waals surface area contributed by atoms with E-state index in [-0.39, 0.29) is 23.6 Å². The highest BCUT2D eigenvalue weighted by molar-refractivity contribution is 7.17. The zero-order valence-electron chi connectivity index (χ0n) is 15.4. The van der Waals surface area contributed by atoms with Crippen LogP contribution in [0.3, 0.4) is 0 Å². The number of carbonyl (C=O) groups is 2. The Hall–Kier alpha value is -3.39. The van der Waals surface area contributed by atoms with Crippen molar-refractivity contribution < 1.29 is 19.4 Å². The summed E-state index contributed by atoms with van der Waals surface area (Å²) in [6, 6.07) is 12.2. The monoisotopic (exact) mass is 397 g/mol. The van der Waals surface area contributed by atoms with E-state index in [0.717, 1.165) is 15.6 Å². The van der Waals surface area contributed by atoms with Crippen molar-refractivity contribution >= 4 is 38.9 Å². The van der Waals surface area contributed by atoms with Gasteiger partial charge < -0.3 is 15.2 Å². The van der Waals surface area contributed by atoms with Gasteiger partial charge >= 0.3 is 0 Å². The molecule has 0 aliphatic carbocycles. The van der Waals surface area contributed by atoms with Crippen molar-refractivity contribution in [2.24, 2.45) is 5.10 Å². The summed E-state index contributed by atoms with van der Waals surface area (Å²) in [5.74, 6) is -0.793. The Morgan fingerprint density at radius 1 is 1.21 bits per heavy atom. The quantitative estimate of drug-likeness (QED) is 0.440. The zero-order chi connectivity index (χ0) is 20.1. The lowest BCUT2D eigenvalue weighted by atomic mass is 10.1. The van der Waals surface area contributed by atoms with E-state index in [1.165, 1.54) is 25.3 Å². The van der Waals surface area contributed by atoms with Crippen molar-refractivity contribution in [1.82, 2.24) is 10.7 Å². The molecule has 1 heterocycles. The Morgan fingerprint density at radius 3 is 2.79 bits per heavy atom. The minimum Gasteiger partial charge on any atom is -0.504 e. The SMILES string of the molecule is COc1cc(C(=O)NCC(=O)NN=C(C)c2csc3ccccc23)ccc1O. The number of hydrogen-bond acceptors (Lipinski definition) is 6. The molecule has 0 saturated heterocycles. The smallest absolute Gasteiger partial charge is 0.259 e. The molecular weight excluding hydrogens is 378 g/mol. The molecule has 0 aliphatic heterocycles. The maximum absolute atomic E-state index is 12.1. The minimum absolute atomic E-state index is 0.0671. The number of methoxy groups -OCH3 is 1. The van der Waals surface area contributed by atoms with Crippen molar-refractivity contribution in [3.05, 3.63) is 59.0 Å². The summed E-state index contributed by atoms with van der Waals surface area (Å²) in [6.45, 7) is 1.58. The fourth-order valence-corrected chi connectivity index (χ4v) is 3.59. The first-order valence-corrected chi connectivity index (χ1v) is 9.32. The summed E-state index contributed by atoms with van der Waals surface area (Å²) in [7, 11) is 1.39. The molecule has 0 atom stereocenters. The van der Waals surface area contributed by atoms with Gasteiger partial charge in [-0.3, -0.25) is 9.59 Å². The van der Waals surface area contributed by atoms with Gasteiger partial charge in [-0.2, -0.15) is 5.10 Å². The van der Waals surface area contributed by atoms with Crippen LogP contribution in [0.25, 0.3) is 10.1 Å². The van der Waals surface area contributed by atoms with Crippen LogP contribution in [0.1, 0.15) is 22.8 Å². The van der Waals surface area contributed by atoms with Crippen LogP contribution in [0.4, 0.5) is 0 Å². The number of fused-ring (bicyclic) bond motifs is 1. The second-order valence-corrected chi connectivity index (χ2v) is 6.86. The molecule has 0 radical (unpaired) electrons. The second-order valence-electron chi connectivity index (χ2n) is 5.95. The van der Waals surface area contributed by atoms with Gasteiger partial charge in [-0.05, 0) is 31.2 Å². The van der Waals surface area contributed by atoms with E-state index in [1.807, 2.05) is 36.6 Å². The van der Waals surface area contributed by atoms with Crippen LogP contribution in [-0.2, 0) is 4.79 Å². The van der Waals surface area contributed by atoms with Crippen molar-refractivity contribution in [1.29, 1.82) is 0 Å². The largest absolute Gasteiger partial charge is 0.504 e. The number of phenols is 1. The summed E-state index contributed by atoms with van der Waals surface area (Å²) in [5, 5.41) is 19.3. The summed E-state index contributed by atoms with van der Waals surface area (Å²) >= 11 is 1.61. The molecule has 144 valence electrons. The summed E-state index contributed by atoms with van der Waals surface area (Å²) in [5.41, 5.74) is 4.36. The molecule has 0 saturated carbocycles. The van der Waals surface area contributed by atoms with Gasteiger partial charge in [-0.1, -0.05) is 18.2 Å². The summed E-state index contributed by atoms with van der Waals surface area (Å²) < 4.78 is 6.11. The van der Waals surface area contributed by atoms with Gasteiger partial charge in [-0.15, -0.1) is 11.3 Å². The molecule has 0 fully saturated rings. The van der Waals surface area contributed by atoms with Crippen molar-refractivity contribution in [3.63, 3.8) is 0 Å². The van der Waals surface area contributed by atoms with Gasteiger partial charge in [0.1, 0.15) is 0 Å². The van der Waals surface area contributed by atoms with Gasteiger partial charge in [0, 0.05) is 26.6 Å². The van der Waals surface area contributed by atoms with E-state index in [0.29, 0.717) is 5.71 Å². The second kappa shape index (κ2) is 8.53. The topological polar surface area (TPSA) is 100 Å². The third-order valence-electron chi connectivity index (χ3n) is 4.07. The maximum Gasteiger partial charge on any atom is 0.259 e. The number of hydrazone groups is 1. The van der Waals surface area contributed by atoms with Gasteiger partial charge in [0.05, 0.1) is 19.4 Å². The highest BCUT2D eigenvalue weighted by Gasteiger charge is 2.11. The van der Waals surface area contributed by atoms with Gasteiger partial charge in [0.15, 0.2) is 11.5 Å². The van der Waals surface area contributed by atoms with E-state index in [2.05, 4.69) is 15.8 Å². The molecule has 3 aromatic rings. The number of hydrogen-bond donors (Lipinski definition) is 3. The lowest BCUT2D eigenvalue weighted by Crippen LogP contribution is -2.35. The Morgan fingerprint density at radius 2 is 2.00 bits per heavy atom. The number of phenolic OH excluding ortho intramolecular Hbond substituents is 1. The van der Waals surface area contributed by atoms with E-state index < -0.39 is 11.8 Å². The third-order valence-corrected chi connectivity index (χ3v) is 5.03. The molecule has 0 unspecified atom stereocenters. The molecule has 8 heteroatoms. The molecule has 28 heavy (non-hydrogen) atoms. The van der Waals surface area contributed by atoms with E-state index in [4.69, 9.17) is 4.74 Å². The maximum atomic E-state index is 12.1. The average molecular weight is 397 g/mol. The van der Waals surface area contributed by atoms with Gasteiger partial charge in [-0.25, -0.2) is 5.43 Å². The van der Waals surface area contributed by atoms with Crippen LogP contribution < -0.4 is 15.5 Å². The highest BCUT2D eigenvalue weighted by Crippen LogP contribution is 2.26. The average Bonchev–Trinajstić information content (AvgIpc) is 3.14. The van der Waals surface area contributed by atoms with Crippen LogP contribution in [0.5, 0.6) is 11.5 Å². The van der Waals surface area contributed by atoms with Gasteiger partial charge in [0.2, 0.25) is 0 Å². The molecule has 0 spiro atoms. The van der Waals surface area contributed by atoms with Gasteiger partial charge in [0.25, 0.3) is 11.8 Å². The number of carbonyl (C=O) groups excluding carboxylic acids is 2. The van der Waals surface area contributed by atoms with Crippen LogP contribution in [0, 0.1) is 0 Å². The third kappa shape index (κ3) is 4.29. The number of rotatable bonds is 6. The zero-order valence-corrected chi connectivity index (χ0v) is 16.2. The Bertz CT molecular complexity index is 1060. The molecule has 2 amide bonds. The fraction of sp³-hybridized carbons (Fsp3) is 0.150. The van der Waals surface area contributed by atoms with Crippen molar-refractivity contribution in [3.8, 4) is 11.5 Å².